The van der Waals surface area contributed by atoms with Gasteiger partial charge in [0.2, 0.25) is 0 Å². The zero-order chi connectivity index (χ0) is 18.0. The minimum atomic E-state index is -4.54. The smallest absolute Gasteiger partial charge is 0.391 e. The van der Waals surface area contributed by atoms with Gasteiger partial charge in [0.25, 0.3) is 5.91 Å². The van der Waals surface area contributed by atoms with Gasteiger partial charge in [-0.3, -0.25) is 9.78 Å². The molecule has 9 heteroatoms. The third-order valence-corrected chi connectivity index (χ3v) is 4.29. The summed E-state index contributed by atoms with van der Waals surface area (Å²) in [5, 5.41) is 12.8. The summed E-state index contributed by atoms with van der Waals surface area (Å²) in [5.74, 6) is -0.367. The average molecular weight is 354 g/mol. The van der Waals surface area contributed by atoms with Gasteiger partial charge in [-0.05, 0) is 30.9 Å². The third-order valence-electron chi connectivity index (χ3n) is 4.29. The van der Waals surface area contributed by atoms with Gasteiger partial charge in [-0.1, -0.05) is 0 Å². The number of nitrogens with one attached hydrogen (secondary N) is 1. The number of hydrogen-bond donors (Lipinski definition) is 2. The zero-order valence-corrected chi connectivity index (χ0v) is 13.1. The van der Waals surface area contributed by atoms with E-state index in [2.05, 4.69) is 15.3 Å². The van der Waals surface area contributed by atoms with Crippen molar-refractivity contribution in [1.29, 1.82) is 0 Å². The molecular formula is C16H17F3N4O2. The van der Waals surface area contributed by atoms with Gasteiger partial charge in [0.05, 0.1) is 24.0 Å². The van der Waals surface area contributed by atoms with E-state index in [1.54, 1.807) is 12.5 Å². The number of aliphatic hydroxyl groups excluding tert-OH is 1. The van der Waals surface area contributed by atoms with Crippen LogP contribution < -0.4 is 5.32 Å². The number of carbonyl (C=O) groups excluding carboxylic acids is 1. The summed E-state index contributed by atoms with van der Waals surface area (Å²) in [6, 6.07) is 1.40. The molecule has 1 aliphatic rings. The molecule has 1 saturated carbocycles. The first-order valence-electron chi connectivity index (χ1n) is 7.81. The highest BCUT2D eigenvalue weighted by Gasteiger charge is 2.35. The van der Waals surface area contributed by atoms with Crippen molar-refractivity contribution in [3.8, 4) is 0 Å². The maximum absolute atomic E-state index is 12.5. The molecule has 0 aliphatic heterocycles. The quantitative estimate of drug-likeness (QED) is 0.878. The molecule has 2 aromatic rings. The van der Waals surface area contributed by atoms with Crippen LogP contribution in [-0.4, -0.2) is 37.7 Å². The number of halogens is 3. The maximum atomic E-state index is 12.5. The van der Waals surface area contributed by atoms with Gasteiger partial charge in [0.15, 0.2) is 0 Å². The van der Waals surface area contributed by atoms with Gasteiger partial charge in [-0.15, -0.1) is 0 Å². The normalized spacial score (nSPS) is 23.6. The van der Waals surface area contributed by atoms with Crippen molar-refractivity contribution in [2.24, 2.45) is 5.92 Å². The molecule has 0 bridgehead atoms. The largest absolute Gasteiger partial charge is 0.433 e. The summed E-state index contributed by atoms with van der Waals surface area (Å²) in [4.78, 5) is 19.4. The van der Waals surface area contributed by atoms with E-state index in [0.29, 0.717) is 19.4 Å². The molecule has 0 radical (unpaired) electrons. The van der Waals surface area contributed by atoms with Crippen LogP contribution in [0, 0.1) is 5.92 Å². The monoisotopic (exact) mass is 354 g/mol. The van der Waals surface area contributed by atoms with Crippen molar-refractivity contribution in [3.05, 3.63) is 48.3 Å². The number of hydrogen-bond acceptors (Lipinski definition) is 4. The van der Waals surface area contributed by atoms with E-state index in [0.717, 1.165) is 18.3 Å². The first-order chi connectivity index (χ1) is 11.8. The number of amides is 1. The Bertz CT molecular complexity index is 716. The molecular weight excluding hydrogens is 337 g/mol. The van der Waals surface area contributed by atoms with Gasteiger partial charge in [0, 0.05) is 25.1 Å². The molecule has 2 N–H and O–H groups in total. The minimum absolute atomic E-state index is 0.0262. The minimum Gasteiger partial charge on any atom is -0.391 e. The number of aliphatic hydroxyl groups is 1. The zero-order valence-electron chi connectivity index (χ0n) is 13.1. The molecule has 134 valence electrons. The number of aromatic nitrogens is 3. The molecule has 3 rings (SSSR count). The number of imidazole rings is 1. The number of carbonyl (C=O) groups is 1. The number of rotatable bonds is 4. The highest BCUT2D eigenvalue weighted by molar-refractivity contribution is 5.94. The van der Waals surface area contributed by atoms with Crippen LogP contribution in [0.5, 0.6) is 0 Å². The van der Waals surface area contributed by atoms with Crippen molar-refractivity contribution >= 4 is 5.91 Å². The molecule has 1 unspecified atom stereocenters. The molecule has 3 atom stereocenters. The van der Waals surface area contributed by atoms with Crippen molar-refractivity contribution in [3.63, 3.8) is 0 Å². The lowest BCUT2D eigenvalue weighted by Gasteiger charge is -2.16. The second-order valence-electron chi connectivity index (χ2n) is 6.17. The summed E-state index contributed by atoms with van der Waals surface area (Å²) in [6.45, 7) is 0.686. The lowest BCUT2D eigenvalue weighted by molar-refractivity contribution is -0.141. The van der Waals surface area contributed by atoms with Gasteiger partial charge < -0.3 is 15.0 Å². The molecule has 0 spiro atoms. The Morgan fingerprint density at radius 2 is 2.16 bits per heavy atom. The Morgan fingerprint density at radius 1 is 1.36 bits per heavy atom. The number of pyridine rings is 1. The van der Waals surface area contributed by atoms with E-state index in [1.165, 1.54) is 0 Å². The standard InChI is InChI=1S/C16H17F3N4O2/c17-16(18,19)14-2-1-11(7-21-14)15(25)22-12-5-10(6-13(12)24)8-23-4-3-20-9-23/h1-4,7,9-10,12-13,24H,5-6,8H2,(H,22,25)/t10?,12-,13-/m1/s1. The molecule has 1 fully saturated rings. The predicted molar refractivity (Wildman–Crippen MR) is 81.5 cm³/mol. The van der Waals surface area contributed by atoms with Crippen LogP contribution >= 0.6 is 0 Å². The lowest BCUT2D eigenvalue weighted by atomic mass is 10.1. The molecule has 25 heavy (non-hydrogen) atoms. The van der Waals surface area contributed by atoms with E-state index in [4.69, 9.17) is 0 Å². The van der Waals surface area contributed by atoms with E-state index in [9.17, 15) is 23.1 Å². The maximum Gasteiger partial charge on any atom is 0.433 e. The molecule has 2 heterocycles. The SMILES string of the molecule is O=C(N[C@@H]1CC(Cn2ccnc2)C[C@H]1O)c1ccc(C(F)(F)F)nc1. The van der Waals surface area contributed by atoms with E-state index >= 15 is 0 Å². The molecule has 1 amide bonds. The molecule has 2 aromatic heterocycles. The highest BCUT2D eigenvalue weighted by atomic mass is 19.4. The van der Waals surface area contributed by atoms with Crippen LogP contribution in [-0.2, 0) is 12.7 Å². The van der Waals surface area contributed by atoms with Gasteiger partial charge in [-0.2, -0.15) is 13.2 Å². The Labute approximate surface area is 141 Å². The number of nitrogens with zero attached hydrogens (tertiary/aromatic N) is 3. The Hall–Kier alpha value is -2.42. The second-order valence-corrected chi connectivity index (χ2v) is 6.17. The van der Waals surface area contributed by atoms with Crippen molar-refractivity contribution in [2.45, 2.75) is 37.7 Å². The lowest BCUT2D eigenvalue weighted by Crippen LogP contribution is -2.40. The van der Waals surface area contributed by atoms with Crippen LogP contribution in [0.4, 0.5) is 13.2 Å². The van der Waals surface area contributed by atoms with Crippen molar-refractivity contribution in [2.75, 3.05) is 0 Å². The van der Waals surface area contributed by atoms with E-state index in [-0.39, 0.29) is 11.5 Å². The first kappa shape index (κ1) is 17.4. The van der Waals surface area contributed by atoms with Crippen molar-refractivity contribution < 1.29 is 23.1 Å². The van der Waals surface area contributed by atoms with Crippen LogP contribution in [0.15, 0.2) is 37.1 Å². The summed E-state index contributed by atoms with van der Waals surface area (Å²) >= 11 is 0. The summed E-state index contributed by atoms with van der Waals surface area (Å²) in [5.41, 5.74) is -1.02. The fourth-order valence-electron chi connectivity index (χ4n) is 3.06. The summed E-state index contributed by atoms with van der Waals surface area (Å²) in [6.07, 6.45) is 1.95. The van der Waals surface area contributed by atoms with Crippen LogP contribution in [0.2, 0.25) is 0 Å². The molecule has 0 aromatic carbocycles. The van der Waals surface area contributed by atoms with Crippen LogP contribution in [0.25, 0.3) is 0 Å². The highest BCUT2D eigenvalue weighted by Crippen LogP contribution is 2.29. The fraction of sp³-hybridized carbons (Fsp3) is 0.438. The van der Waals surface area contributed by atoms with E-state index in [1.807, 2.05) is 10.8 Å². The van der Waals surface area contributed by atoms with E-state index < -0.39 is 29.9 Å². The molecule has 1 aliphatic carbocycles. The number of alkyl halides is 3. The average Bonchev–Trinajstić information content (AvgIpc) is 3.17. The van der Waals surface area contributed by atoms with Crippen LogP contribution in [0.3, 0.4) is 0 Å². The summed E-state index contributed by atoms with van der Waals surface area (Å²) in [7, 11) is 0. The Balaban J connectivity index is 1.59. The second kappa shape index (κ2) is 6.83. The Kier molecular flexibility index (Phi) is 4.76. The van der Waals surface area contributed by atoms with Gasteiger partial charge in [-0.25, -0.2) is 4.98 Å². The summed E-state index contributed by atoms with van der Waals surface area (Å²) < 4.78 is 39.4. The fourth-order valence-corrected chi connectivity index (χ4v) is 3.06. The van der Waals surface area contributed by atoms with Gasteiger partial charge >= 0.3 is 6.18 Å². The van der Waals surface area contributed by atoms with Gasteiger partial charge in [0.1, 0.15) is 5.69 Å². The topological polar surface area (TPSA) is 80.0 Å². The Morgan fingerprint density at radius 3 is 2.76 bits per heavy atom. The molecule has 0 saturated heterocycles. The third kappa shape index (κ3) is 4.16. The predicted octanol–water partition coefficient (Wildman–Crippen LogP) is 1.87. The van der Waals surface area contributed by atoms with Crippen LogP contribution in [0.1, 0.15) is 28.9 Å². The molecule has 6 nitrogen and oxygen atoms in total. The van der Waals surface area contributed by atoms with Crippen molar-refractivity contribution in [1.82, 2.24) is 19.9 Å². The first-order valence-corrected chi connectivity index (χ1v) is 7.81.